The summed E-state index contributed by atoms with van der Waals surface area (Å²) in [4.78, 5) is 37.1. The molecule has 0 bridgehead atoms. The number of benzene rings is 1. The van der Waals surface area contributed by atoms with Crippen molar-refractivity contribution in [3.8, 4) is 0 Å². The Labute approximate surface area is 146 Å². The second-order valence-corrected chi connectivity index (χ2v) is 6.24. The van der Waals surface area contributed by atoms with Crippen molar-refractivity contribution < 1.29 is 19.1 Å². The molecule has 4 amide bonds. The van der Waals surface area contributed by atoms with Crippen molar-refractivity contribution >= 4 is 29.4 Å². The number of nitrogens with zero attached hydrogens (tertiary/aromatic N) is 1. The number of ether oxygens (including phenoxy) is 1. The molecular weight excluding hydrogens is 324 g/mol. The molecule has 3 N–H and O–H groups in total. The number of rotatable bonds is 6. The number of hydrogen-bond acceptors (Lipinski definition) is 4. The lowest BCUT2D eigenvalue weighted by Gasteiger charge is -2.20. The Bertz CT molecular complexity index is 630. The van der Waals surface area contributed by atoms with E-state index in [1.54, 1.807) is 29.2 Å². The number of carbonyl (C=O) groups excluding carboxylic acids is 3. The molecule has 1 aliphatic heterocycles. The van der Waals surface area contributed by atoms with Crippen molar-refractivity contribution in [2.24, 2.45) is 5.92 Å². The first-order valence-corrected chi connectivity index (χ1v) is 8.21. The number of anilines is 2. The van der Waals surface area contributed by atoms with Crippen LogP contribution in [0.3, 0.4) is 0 Å². The Kier molecular flexibility index (Phi) is 6.21. The number of nitrogens with one attached hydrogen (secondary N) is 3. The van der Waals surface area contributed by atoms with E-state index in [1.807, 2.05) is 13.8 Å². The Morgan fingerprint density at radius 3 is 2.48 bits per heavy atom. The smallest absolute Gasteiger partial charge is 0.407 e. The number of amides is 4. The van der Waals surface area contributed by atoms with Crippen molar-refractivity contribution in [1.29, 1.82) is 0 Å². The average Bonchev–Trinajstić information content (AvgIpc) is 3.00. The fourth-order valence-electron chi connectivity index (χ4n) is 2.58. The van der Waals surface area contributed by atoms with Crippen LogP contribution in [0.1, 0.15) is 20.3 Å². The summed E-state index contributed by atoms with van der Waals surface area (Å²) in [6.45, 7) is 5.17. The van der Waals surface area contributed by atoms with Crippen LogP contribution >= 0.6 is 0 Å². The molecule has 0 aliphatic carbocycles. The molecule has 8 nitrogen and oxygen atoms in total. The highest BCUT2D eigenvalue weighted by atomic mass is 16.5. The van der Waals surface area contributed by atoms with Gasteiger partial charge in [-0.3, -0.25) is 9.69 Å². The van der Waals surface area contributed by atoms with E-state index < -0.39 is 12.1 Å². The van der Waals surface area contributed by atoms with Gasteiger partial charge in [-0.15, -0.1) is 0 Å². The zero-order chi connectivity index (χ0) is 18.4. The minimum absolute atomic E-state index is 0.129. The number of carbonyl (C=O) groups is 3. The minimum atomic E-state index is -0.684. The molecule has 0 unspecified atom stereocenters. The van der Waals surface area contributed by atoms with Crippen LogP contribution in [0.25, 0.3) is 0 Å². The van der Waals surface area contributed by atoms with Gasteiger partial charge < -0.3 is 20.7 Å². The summed E-state index contributed by atoms with van der Waals surface area (Å²) in [6.07, 6.45) is -0.149. The molecule has 0 saturated carbocycles. The molecule has 1 fully saturated rings. The Morgan fingerprint density at radius 2 is 1.96 bits per heavy atom. The third kappa shape index (κ3) is 5.10. The van der Waals surface area contributed by atoms with Crippen LogP contribution in [-0.4, -0.2) is 44.3 Å². The fourth-order valence-corrected chi connectivity index (χ4v) is 2.58. The molecule has 1 aliphatic rings. The van der Waals surface area contributed by atoms with Crippen LogP contribution in [0.5, 0.6) is 0 Å². The first-order valence-electron chi connectivity index (χ1n) is 8.21. The summed E-state index contributed by atoms with van der Waals surface area (Å²) >= 11 is 0. The standard InChI is InChI=1S/C17H24N4O4/c1-11(2)10-14(20-17(24)25-3)15(22)19-12-4-6-13(7-5-12)21-9-8-18-16(21)23/h4-7,11,14H,8-10H2,1-3H3,(H,18,23)(H,19,22)(H,20,24)/t14-/m0/s1. The molecule has 0 radical (unpaired) electrons. The van der Waals surface area contributed by atoms with Crippen molar-refractivity contribution in [3.63, 3.8) is 0 Å². The third-order valence-corrected chi connectivity index (χ3v) is 3.80. The lowest BCUT2D eigenvalue weighted by molar-refractivity contribution is -0.118. The van der Waals surface area contributed by atoms with E-state index in [-0.39, 0.29) is 17.9 Å². The molecule has 0 spiro atoms. The molecular formula is C17H24N4O4. The summed E-state index contributed by atoms with van der Waals surface area (Å²) in [7, 11) is 1.26. The largest absolute Gasteiger partial charge is 0.453 e. The lowest BCUT2D eigenvalue weighted by atomic mass is 10.0. The zero-order valence-electron chi connectivity index (χ0n) is 14.7. The molecule has 0 aromatic heterocycles. The van der Waals surface area contributed by atoms with Crippen LogP contribution in [0.15, 0.2) is 24.3 Å². The number of hydrogen-bond donors (Lipinski definition) is 3. The molecule has 1 heterocycles. The van der Waals surface area contributed by atoms with Crippen molar-refractivity contribution in [3.05, 3.63) is 24.3 Å². The van der Waals surface area contributed by atoms with Crippen molar-refractivity contribution in [2.75, 3.05) is 30.4 Å². The van der Waals surface area contributed by atoms with Crippen LogP contribution < -0.4 is 20.9 Å². The summed E-state index contributed by atoms with van der Waals surface area (Å²) in [6, 6.07) is 6.18. The van der Waals surface area contributed by atoms with Crippen LogP contribution in [0.2, 0.25) is 0 Å². The van der Waals surface area contributed by atoms with Gasteiger partial charge in [0.1, 0.15) is 6.04 Å². The molecule has 1 saturated heterocycles. The topological polar surface area (TPSA) is 99.8 Å². The number of methoxy groups -OCH3 is 1. The van der Waals surface area contributed by atoms with Gasteiger partial charge in [-0.1, -0.05) is 13.8 Å². The summed E-state index contributed by atoms with van der Waals surface area (Å²) in [5, 5.41) is 8.06. The fraction of sp³-hybridized carbons (Fsp3) is 0.471. The summed E-state index contributed by atoms with van der Waals surface area (Å²) in [5.41, 5.74) is 1.35. The van der Waals surface area contributed by atoms with E-state index in [1.165, 1.54) is 7.11 Å². The Morgan fingerprint density at radius 1 is 1.28 bits per heavy atom. The maximum atomic E-state index is 12.4. The Hall–Kier alpha value is -2.77. The molecule has 2 rings (SSSR count). The monoisotopic (exact) mass is 348 g/mol. The molecule has 136 valence electrons. The lowest BCUT2D eigenvalue weighted by Crippen LogP contribution is -2.44. The van der Waals surface area contributed by atoms with E-state index in [9.17, 15) is 14.4 Å². The van der Waals surface area contributed by atoms with Crippen molar-refractivity contribution in [2.45, 2.75) is 26.3 Å². The molecule has 8 heteroatoms. The van der Waals surface area contributed by atoms with Gasteiger partial charge in [-0.2, -0.15) is 0 Å². The molecule has 1 aromatic carbocycles. The quantitative estimate of drug-likeness (QED) is 0.731. The van der Waals surface area contributed by atoms with Gasteiger partial charge in [0.2, 0.25) is 5.91 Å². The second-order valence-electron chi connectivity index (χ2n) is 6.24. The highest BCUT2D eigenvalue weighted by Gasteiger charge is 2.23. The SMILES string of the molecule is COC(=O)N[C@@H](CC(C)C)C(=O)Nc1ccc(N2CCNC2=O)cc1. The van der Waals surface area contributed by atoms with Gasteiger partial charge >= 0.3 is 12.1 Å². The first-order chi connectivity index (χ1) is 11.9. The van der Waals surface area contributed by atoms with Gasteiger partial charge in [0.15, 0.2) is 0 Å². The predicted octanol–water partition coefficient (Wildman–Crippen LogP) is 1.93. The van der Waals surface area contributed by atoms with Gasteiger partial charge in [-0.25, -0.2) is 9.59 Å². The third-order valence-electron chi connectivity index (χ3n) is 3.80. The number of alkyl carbamates (subject to hydrolysis) is 1. The van der Waals surface area contributed by atoms with Crippen molar-refractivity contribution in [1.82, 2.24) is 10.6 Å². The van der Waals surface area contributed by atoms with E-state index >= 15 is 0 Å². The van der Waals surface area contributed by atoms with E-state index in [2.05, 4.69) is 20.7 Å². The maximum Gasteiger partial charge on any atom is 0.407 e. The van der Waals surface area contributed by atoms with E-state index in [0.717, 1.165) is 5.69 Å². The predicted molar refractivity (Wildman–Crippen MR) is 94.6 cm³/mol. The summed E-state index contributed by atoms with van der Waals surface area (Å²) in [5.74, 6) is -0.0882. The van der Waals surface area contributed by atoms with E-state index in [0.29, 0.717) is 25.2 Å². The first kappa shape index (κ1) is 18.6. The van der Waals surface area contributed by atoms with Crippen LogP contribution in [0, 0.1) is 5.92 Å². The van der Waals surface area contributed by atoms with Gasteiger partial charge in [-0.05, 0) is 36.6 Å². The maximum absolute atomic E-state index is 12.4. The Balaban J connectivity index is 2.01. The average molecular weight is 348 g/mol. The molecule has 1 atom stereocenters. The van der Waals surface area contributed by atoms with Crippen LogP contribution in [-0.2, 0) is 9.53 Å². The number of urea groups is 1. The molecule has 25 heavy (non-hydrogen) atoms. The van der Waals surface area contributed by atoms with Gasteiger partial charge in [0.05, 0.1) is 7.11 Å². The highest BCUT2D eigenvalue weighted by Crippen LogP contribution is 2.20. The van der Waals surface area contributed by atoms with Gasteiger partial charge in [0, 0.05) is 24.5 Å². The zero-order valence-corrected chi connectivity index (χ0v) is 14.7. The molecule has 1 aromatic rings. The normalized spacial score (nSPS) is 14.9. The van der Waals surface area contributed by atoms with Gasteiger partial charge in [0.25, 0.3) is 0 Å². The highest BCUT2D eigenvalue weighted by molar-refractivity contribution is 5.97. The minimum Gasteiger partial charge on any atom is -0.453 e. The summed E-state index contributed by atoms with van der Waals surface area (Å²) < 4.78 is 4.57. The van der Waals surface area contributed by atoms with Crippen LogP contribution in [0.4, 0.5) is 21.0 Å². The second kappa shape index (κ2) is 8.36. The van der Waals surface area contributed by atoms with E-state index in [4.69, 9.17) is 0 Å².